The van der Waals surface area contributed by atoms with Gasteiger partial charge < -0.3 is 13.7 Å². The lowest BCUT2D eigenvalue weighted by Gasteiger charge is -2.15. The number of allylic oxidation sites excluding steroid dienone is 2. The van der Waals surface area contributed by atoms with Gasteiger partial charge in [0.05, 0.1) is 29.3 Å². The number of hydrogen-bond donors (Lipinski definition) is 0. The van der Waals surface area contributed by atoms with Gasteiger partial charge in [0.25, 0.3) is 0 Å². The molecule has 0 radical (unpaired) electrons. The molecule has 0 N–H and O–H groups in total. The Morgan fingerprint density at radius 3 is 2.82 bits per heavy atom. The summed E-state index contributed by atoms with van der Waals surface area (Å²) in [5, 5.41) is 0. The second-order valence-corrected chi connectivity index (χ2v) is 9.01. The highest BCUT2D eigenvalue weighted by molar-refractivity contribution is 5.96. The van der Waals surface area contributed by atoms with Gasteiger partial charge in [0.2, 0.25) is 0 Å². The number of esters is 1. The lowest BCUT2D eigenvalue weighted by molar-refractivity contribution is 0.0601. The Morgan fingerprint density at radius 2 is 2.03 bits per heavy atom. The zero-order valence-corrected chi connectivity index (χ0v) is 20.0. The molecule has 0 spiro atoms. The Balaban J connectivity index is 1.61. The van der Waals surface area contributed by atoms with Gasteiger partial charge in [-0.25, -0.2) is 14.8 Å². The summed E-state index contributed by atoms with van der Waals surface area (Å²) in [6, 6.07) is 11.7. The molecule has 6 heteroatoms. The Hall–Kier alpha value is -3.41. The van der Waals surface area contributed by atoms with E-state index in [0.717, 1.165) is 71.6 Å². The standard InChI is InChI=1S/C28H31N3O3/c1-3-4-13-25-29-22-12-8-11-21(26(22)34-25)27-30-23-18-20(28(32)33-2)14-15-24(23)31(27)17-16-19-9-6-5-7-10-19/h8-9,11-12,14-15,18H,3-7,10,13,16-17H2,1-2H3. The molecule has 2 aromatic heterocycles. The molecule has 6 nitrogen and oxygen atoms in total. The number of ether oxygens (including phenoxy) is 1. The van der Waals surface area contributed by atoms with E-state index in [2.05, 4.69) is 23.6 Å². The van der Waals surface area contributed by atoms with Crippen LogP contribution in [0.2, 0.25) is 0 Å². The minimum Gasteiger partial charge on any atom is -0.465 e. The third-order valence-electron chi connectivity index (χ3n) is 6.66. The Morgan fingerprint density at radius 1 is 1.12 bits per heavy atom. The molecule has 5 rings (SSSR count). The molecule has 0 bridgehead atoms. The molecule has 2 heterocycles. The molecule has 1 aliphatic rings. The van der Waals surface area contributed by atoms with Gasteiger partial charge in [-0.15, -0.1) is 0 Å². The lowest BCUT2D eigenvalue weighted by Crippen LogP contribution is -2.04. The van der Waals surface area contributed by atoms with Crippen LogP contribution in [-0.2, 0) is 17.7 Å². The number of rotatable bonds is 8. The molecule has 0 atom stereocenters. The fourth-order valence-corrected chi connectivity index (χ4v) is 4.80. The average molecular weight is 458 g/mol. The monoisotopic (exact) mass is 457 g/mol. The Kier molecular flexibility index (Phi) is 6.48. The number of aryl methyl sites for hydroxylation is 2. The van der Waals surface area contributed by atoms with Crippen LogP contribution in [0.25, 0.3) is 33.5 Å². The second-order valence-electron chi connectivity index (χ2n) is 9.01. The minimum atomic E-state index is -0.358. The van der Waals surface area contributed by atoms with E-state index in [1.165, 1.54) is 38.4 Å². The molecule has 176 valence electrons. The molecule has 0 fully saturated rings. The molecule has 4 aromatic rings. The highest BCUT2D eigenvalue weighted by atomic mass is 16.5. The van der Waals surface area contributed by atoms with Gasteiger partial charge in [0.1, 0.15) is 11.3 Å². The molecule has 0 amide bonds. The van der Waals surface area contributed by atoms with Crippen molar-refractivity contribution in [2.24, 2.45) is 0 Å². The third-order valence-corrected chi connectivity index (χ3v) is 6.66. The number of hydrogen-bond acceptors (Lipinski definition) is 5. The van der Waals surface area contributed by atoms with E-state index in [9.17, 15) is 4.79 Å². The van der Waals surface area contributed by atoms with E-state index >= 15 is 0 Å². The molecule has 34 heavy (non-hydrogen) atoms. The lowest BCUT2D eigenvalue weighted by atomic mass is 9.97. The summed E-state index contributed by atoms with van der Waals surface area (Å²) in [5.41, 5.74) is 6.36. The van der Waals surface area contributed by atoms with Crippen molar-refractivity contribution in [1.82, 2.24) is 14.5 Å². The normalized spacial score (nSPS) is 14.0. The van der Waals surface area contributed by atoms with Crippen LogP contribution in [0.1, 0.15) is 68.1 Å². The number of benzene rings is 2. The smallest absolute Gasteiger partial charge is 0.337 e. The molecular formula is C28H31N3O3. The highest BCUT2D eigenvalue weighted by Crippen LogP contribution is 2.33. The van der Waals surface area contributed by atoms with Crippen molar-refractivity contribution in [3.8, 4) is 11.4 Å². The zero-order chi connectivity index (χ0) is 23.5. The maximum Gasteiger partial charge on any atom is 0.337 e. The summed E-state index contributed by atoms with van der Waals surface area (Å²) in [6.07, 6.45) is 11.3. The topological polar surface area (TPSA) is 70.2 Å². The zero-order valence-electron chi connectivity index (χ0n) is 20.0. The molecule has 1 aliphatic carbocycles. The summed E-state index contributed by atoms with van der Waals surface area (Å²) >= 11 is 0. The van der Waals surface area contributed by atoms with Crippen LogP contribution in [0.5, 0.6) is 0 Å². The first kappa shape index (κ1) is 22.4. The molecule has 0 unspecified atom stereocenters. The number of imidazole rings is 1. The van der Waals surface area contributed by atoms with E-state index in [4.69, 9.17) is 19.1 Å². The fourth-order valence-electron chi connectivity index (χ4n) is 4.80. The second kappa shape index (κ2) is 9.84. The molecular weight excluding hydrogens is 426 g/mol. The largest absolute Gasteiger partial charge is 0.465 e. The van der Waals surface area contributed by atoms with Crippen LogP contribution in [0.15, 0.2) is 52.5 Å². The maximum atomic E-state index is 12.1. The summed E-state index contributed by atoms with van der Waals surface area (Å²) in [7, 11) is 1.40. The van der Waals surface area contributed by atoms with Gasteiger partial charge in [-0.3, -0.25) is 0 Å². The van der Waals surface area contributed by atoms with Crippen LogP contribution < -0.4 is 0 Å². The van der Waals surface area contributed by atoms with Gasteiger partial charge in [0, 0.05) is 13.0 Å². The van der Waals surface area contributed by atoms with Gasteiger partial charge in [0.15, 0.2) is 11.5 Å². The number of oxazole rings is 1. The van der Waals surface area contributed by atoms with Gasteiger partial charge in [-0.1, -0.05) is 31.1 Å². The fraction of sp³-hybridized carbons (Fsp3) is 0.393. The van der Waals surface area contributed by atoms with Crippen molar-refractivity contribution >= 4 is 28.1 Å². The van der Waals surface area contributed by atoms with Crippen molar-refractivity contribution < 1.29 is 13.9 Å². The first-order valence-electron chi connectivity index (χ1n) is 12.3. The number of unbranched alkanes of at least 4 members (excludes halogenated alkanes) is 1. The van der Waals surface area contributed by atoms with Crippen LogP contribution >= 0.6 is 0 Å². The van der Waals surface area contributed by atoms with E-state index < -0.39 is 0 Å². The number of para-hydroxylation sites is 1. The molecule has 0 saturated heterocycles. The average Bonchev–Trinajstić information content (AvgIpc) is 3.46. The number of nitrogens with zero attached hydrogens (tertiary/aromatic N) is 3. The maximum absolute atomic E-state index is 12.1. The molecule has 0 aliphatic heterocycles. The summed E-state index contributed by atoms with van der Waals surface area (Å²) < 4.78 is 13.4. The van der Waals surface area contributed by atoms with Gasteiger partial charge >= 0.3 is 5.97 Å². The van der Waals surface area contributed by atoms with Crippen LogP contribution in [0, 0.1) is 0 Å². The number of carbonyl (C=O) groups is 1. The van der Waals surface area contributed by atoms with E-state index in [-0.39, 0.29) is 5.97 Å². The Labute approximate surface area is 199 Å². The van der Waals surface area contributed by atoms with Crippen molar-refractivity contribution in [2.75, 3.05) is 7.11 Å². The predicted molar refractivity (Wildman–Crippen MR) is 134 cm³/mol. The van der Waals surface area contributed by atoms with E-state index in [1.54, 1.807) is 0 Å². The summed E-state index contributed by atoms with van der Waals surface area (Å²) in [6.45, 7) is 2.99. The van der Waals surface area contributed by atoms with Crippen LogP contribution in [0.4, 0.5) is 0 Å². The van der Waals surface area contributed by atoms with E-state index in [1.807, 2.05) is 30.3 Å². The quantitative estimate of drug-likeness (QED) is 0.213. The van der Waals surface area contributed by atoms with Crippen molar-refractivity contribution in [2.45, 2.75) is 64.8 Å². The van der Waals surface area contributed by atoms with Crippen molar-refractivity contribution in [1.29, 1.82) is 0 Å². The van der Waals surface area contributed by atoms with Crippen LogP contribution in [-0.4, -0.2) is 27.6 Å². The van der Waals surface area contributed by atoms with Crippen molar-refractivity contribution in [3.05, 3.63) is 59.5 Å². The molecule has 0 saturated carbocycles. The minimum absolute atomic E-state index is 0.358. The molecule has 2 aromatic carbocycles. The van der Waals surface area contributed by atoms with Gasteiger partial charge in [-0.2, -0.15) is 0 Å². The number of carbonyl (C=O) groups excluding carboxylic acids is 1. The van der Waals surface area contributed by atoms with Crippen molar-refractivity contribution in [3.63, 3.8) is 0 Å². The van der Waals surface area contributed by atoms with E-state index in [0.29, 0.717) is 5.56 Å². The summed E-state index contributed by atoms with van der Waals surface area (Å²) in [4.78, 5) is 21.8. The highest BCUT2D eigenvalue weighted by Gasteiger charge is 2.20. The first-order valence-corrected chi connectivity index (χ1v) is 12.3. The SMILES string of the molecule is CCCCc1nc2cccc(-c3nc4cc(C(=O)OC)ccc4n3CCC3=CCCCC3)c2o1. The summed E-state index contributed by atoms with van der Waals surface area (Å²) in [5.74, 6) is 1.26. The van der Waals surface area contributed by atoms with Crippen LogP contribution in [0.3, 0.4) is 0 Å². The Bertz CT molecular complexity index is 1360. The van der Waals surface area contributed by atoms with Gasteiger partial charge in [-0.05, 0) is 68.9 Å². The third kappa shape index (κ3) is 4.37. The number of fused-ring (bicyclic) bond motifs is 2. The first-order chi connectivity index (χ1) is 16.7. The number of methoxy groups -OCH3 is 1. The predicted octanol–water partition coefficient (Wildman–Crippen LogP) is 6.86. The number of aromatic nitrogens is 3.